The van der Waals surface area contributed by atoms with Crippen molar-refractivity contribution in [3.63, 3.8) is 0 Å². The molecule has 2 fully saturated rings. The molecule has 1 saturated heterocycles. The third-order valence-corrected chi connectivity index (χ3v) is 6.12. The number of hydrogen-bond acceptors (Lipinski definition) is 3. The van der Waals surface area contributed by atoms with Crippen LogP contribution in [0.5, 0.6) is 5.88 Å². The van der Waals surface area contributed by atoms with Crippen LogP contribution in [-0.2, 0) is 32.7 Å². The van der Waals surface area contributed by atoms with Crippen molar-refractivity contribution >= 4 is 10.9 Å². The van der Waals surface area contributed by atoms with E-state index < -0.39 is 0 Å². The molecule has 137 valence electrons. The van der Waals surface area contributed by atoms with Crippen LogP contribution < -0.4 is 5.32 Å². The molecule has 1 aliphatic heterocycles. The molecule has 4 nitrogen and oxygen atoms in total. The SMILES string of the molecule is O.Oc1cc(-c2ccc(C3CC34CCNCC4)cc2)c2ccccc2n1.[Y]. The summed E-state index contributed by atoms with van der Waals surface area (Å²) in [5.41, 5.74) is 5.04. The van der Waals surface area contributed by atoms with Gasteiger partial charge in [0.1, 0.15) is 0 Å². The van der Waals surface area contributed by atoms with Crippen molar-refractivity contribution in [2.24, 2.45) is 5.41 Å². The number of piperidine rings is 1. The zero-order valence-electron chi connectivity index (χ0n) is 15.3. The molecule has 4 N–H and O–H groups in total. The van der Waals surface area contributed by atoms with E-state index in [4.69, 9.17) is 0 Å². The van der Waals surface area contributed by atoms with Crippen LogP contribution in [0.15, 0.2) is 54.6 Å². The fourth-order valence-electron chi connectivity index (χ4n) is 4.59. The van der Waals surface area contributed by atoms with Crippen LogP contribution >= 0.6 is 0 Å². The van der Waals surface area contributed by atoms with Gasteiger partial charge in [0, 0.05) is 44.2 Å². The van der Waals surface area contributed by atoms with Crippen LogP contribution in [0.4, 0.5) is 0 Å². The Labute approximate surface area is 184 Å². The Morgan fingerprint density at radius 2 is 1.70 bits per heavy atom. The molecule has 0 amide bonds. The summed E-state index contributed by atoms with van der Waals surface area (Å²) in [5, 5.41) is 14.5. The molecule has 1 unspecified atom stereocenters. The normalized spacial score (nSPS) is 19.9. The van der Waals surface area contributed by atoms with Crippen LogP contribution in [0.25, 0.3) is 22.0 Å². The second kappa shape index (κ2) is 7.96. The minimum Gasteiger partial charge on any atom is -0.493 e. The second-order valence-electron chi connectivity index (χ2n) is 7.54. The van der Waals surface area contributed by atoms with Crippen molar-refractivity contribution in [2.45, 2.75) is 25.2 Å². The summed E-state index contributed by atoms with van der Waals surface area (Å²) in [4.78, 5) is 4.22. The molecule has 1 spiro atoms. The number of para-hydroxylation sites is 1. The Balaban J connectivity index is 0.00000105. The molecular formula is C22H24N2O2Y. The first-order valence-corrected chi connectivity index (χ1v) is 9.15. The third-order valence-electron chi connectivity index (χ3n) is 6.12. The van der Waals surface area contributed by atoms with Crippen molar-refractivity contribution in [1.29, 1.82) is 0 Å². The number of nitrogens with one attached hydrogen (secondary N) is 1. The molecule has 5 rings (SSSR count). The Hall–Kier alpha value is -1.33. The van der Waals surface area contributed by atoms with Gasteiger partial charge < -0.3 is 15.9 Å². The van der Waals surface area contributed by atoms with Crippen LogP contribution in [-0.4, -0.2) is 28.7 Å². The molecule has 1 atom stereocenters. The van der Waals surface area contributed by atoms with Gasteiger partial charge in [-0.15, -0.1) is 0 Å². The van der Waals surface area contributed by atoms with Gasteiger partial charge in [0.05, 0.1) is 5.52 Å². The Kier molecular flexibility index (Phi) is 6.02. The maximum Gasteiger partial charge on any atom is 0.211 e. The van der Waals surface area contributed by atoms with E-state index in [1.165, 1.54) is 24.8 Å². The quantitative estimate of drug-likeness (QED) is 0.643. The molecule has 0 bridgehead atoms. The van der Waals surface area contributed by atoms with Gasteiger partial charge in [0.25, 0.3) is 0 Å². The summed E-state index contributed by atoms with van der Waals surface area (Å²) in [6, 6.07) is 18.7. The number of benzene rings is 2. The molecule has 1 radical (unpaired) electrons. The molecule has 5 heteroatoms. The van der Waals surface area contributed by atoms with E-state index >= 15 is 0 Å². The number of aromatic hydroxyl groups is 1. The molecule has 27 heavy (non-hydrogen) atoms. The van der Waals surface area contributed by atoms with E-state index in [2.05, 4.69) is 40.6 Å². The predicted octanol–water partition coefficient (Wildman–Crippen LogP) is 3.64. The monoisotopic (exact) mass is 437 g/mol. The molecule has 1 saturated carbocycles. The van der Waals surface area contributed by atoms with Gasteiger partial charge in [-0.05, 0) is 66.4 Å². The standard InChI is InChI=1S/C22H22N2O.H2O.Y/c25-21-13-18(17-3-1-2-4-20(17)24-21)15-5-7-16(8-6-15)19-14-22(19)9-11-23-12-10-22;;/h1-8,13,19,23H,9-12,14H2,(H,24,25);1H2;. The van der Waals surface area contributed by atoms with Crippen LogP contribution in [0.2, 0.25) is 0 Å². The smallest absolute Gasteiger partial charge is 0.211 e. The van der Waals surface area contributed by atoms with Crippen molar-refractivity contribution < 1.29 is 43.3 Å². The number of rotatable bonds is 2. The van der Waals surface area contributed by atoms with Gasteiger partial charge in [-0.25, -0.2) is 4.98 Å². The zero-order chi connectivity index (χ0) is 16.9. The fourth-order valence-corrected chi connectivity index (χ4v) is 4.59. The number of aromatic nitrogens is 1. The first kappa shape index (κ1) is 20.4. The fraction of sp³-hybridized carbons (Fsp3) is 0.318. The summed E-state index contributed by atoms with van der Waals surface area (Å²) in [6.45, 7) is 2.33. The maximum atomic E-state index is 9.97. The van der Waals surface area contributed by atoms with E-state index in [9.17, 15) is 5.11 Å². The molecule has 1 aromatic heterocycles. The average molecular weight is 437 g/mol. The molecule has 2 aliphatic rings. The maximum absolute atomic E-state index is 9.97. The second-order valence-corrected chi connectivity index (χ2v) is 7.54. The summed E-state index contributed by atoms with van der Waals surface area (Å²) in [6.07, 6.45) is 3.96. The van der Waals surface area contributed by atoms with Gasteiger partial charge >= 0.3 is 0 Å². The molecule has 2 heterocycles. The van der Waals surface area contributed by atoms with Gasteiger partial charge in [0.2, 0.25) is 5.88 Å². The van der Waals surface area contributed by atoms with E-state index in [-0.39, 0.29) is 44.1 Å². The van der Waals surface area contributed by atoms with Crippen molar-refractivity contribution in [3.05, 3.63) is 60.2 Å². The molecule has 1 aliphatic carbocycles. The number of pyridine rings is 1. The Bertz CT molecular complexity index is 937. The Morgan fingerprint density at radius 1 is 1.00 bits per heavy atom. The van der Waals surface area contributed by atoms with Gasteiger partial charge in [-0.1, -0.05) is 42.5 Å². The molecule has 3 aromatic rings. The number of nitrogens with zero attached hydrogens (tertiary/aromatic N) is 1. The minimum absolute atomic E-state index is 0. The average Bonchev–Trinajstić information content (AvgIpc) is 3.34. The molecule has 2 aromatic carbocycles. The minimum atomic E-state index is 0. The Morgan fingerprint density at radius 3 is 2.44 bits per heavy atom. The van der Waals surface area contributed by atoms with Gasteiger partial charge in [-0.3, -0.25) is 0 Å². The van der Waals surface area contributed by atoms with Crippen LogP contribution in [0.1, 0.15) is 30.7 Å². The summed E-state index contributed by atoms with van der Waals surface area (Å²) in [7, 11) is 0. The topological polar surface area (TPSA) is 76.7 Å². The predicted molar refractivity (Wildman–Crippen MR) is 104 cm³/mol. The summed E-state index contributed by atoms with van der Waals surface area (Å²) in [5.74, 6) is 0.805. The van der Waals surface area contributed by atoms with E-state index in [1.54, 1.807) is 6.07 Å². The third kappa shape index (κ3) is 3.68. The molecular weight excluding hydrogens is 413 g/mol. The first-order valence-electron chi connectivity index (χ1n) is 9.15. The van der Waals surface area contributed by atoms with E-state index in [0.717, 1.165) is 41.0 Å². The van der Waals surface area contributed by atoms with Crippen LogP contribution in [0, 0.1) is 5.41 Å². The van der Waals surface area contributed by atoms with Crippen molar-refractivity contribution in [3.8, 4) is 17.0 Å². The first-order chi connectivity index (χ1) is 12.3. The van der Waals surface area contributed by atoms with Crippen molar-refractivity contribution in [2.75, 3.05) is 13.1 Å². The van der Waals surface area contributed by atoms with Gasteiger partial charge in [-0.2, -0.15) is 0 Å². The summed E-state index contributed by atoms with van der Waals surface area (Å²) >= 11 is 0. The van der Waals surface area contributed by atoms with Gasteiger partial charge in [0.15, 0.2) is 0 Å². The van der Waals surface area contributed by atoms with Crippen molar-refractivity contribution in [1.82, 2.24) is 10.3 Å². The summed E-state index contributed by atoms with van der Waals surface area (Å²) < 4.78 is 0. The largest absolute Gasteiger partial charge is 0.493 e. The van der Waals surface area contributed by atoms with Crippen LogP contribution in [0.3, 0.4) is 0 Å². The number of hydrogen-bond donors (Lipinski definition) is 2. The number of fused-ring (bicyclic) bond motifs is 1. The van der Waals surface area contributed by atoms with E-state index in [1.807, 2.05) is 18.2 Å². The zero-order valence-corrected chi connectivity index (χ0v) is 18.1. The van der Waals surface area contributed by atoms with E-state index in [0.29, 0.717) is 5.41 Å².